The van der Waals surface area contributed by atoms with E-state index in [1.54, 1.807) is 11.3 Å². The van der Waals surface area contributed by atoms with Crippen molar-refractivity contribution in [3.05, 3.63) is 34.1 Å². The summed E-state index contributed by atoms with van der Waals surface area (Å²) in [5, 5.41) is 5.98. The van der Waals surface area contributed by atoms with Gasteiger partial charge in [-0.15, -0.1) is 11.3 Å². The zero-order valence-electron chi connectivity index (χ0n) is 10.9. The van der Waals surface area contributed by atoms with E-state index in [4.69, 9.17) is 10.3 Å². The summed E-state index contributed by atoms with van der Waals surface area (Å²) in [7, 11) is 2.02. The minimum atomic E-state index is -0.561. The predicted octanol–water partition coefficient (Wildman–Crippen LogP) is 1.96. The van der Waals surface area contributed by atoms with Crippen LogP contribution in [0.1, 0.15) is 30.4 Å². The summed E-state index contributed by atoms with van der Waals surface area (Å²) in [6.45, 7) is 5.22. The van der Waals surface area contributed by atoms with Crippen LogP contribution in [0.3, 0.4) is 0 Å². The predicted molar refractivity (Wildman–Crippen MR) is 71.0 cm³/mol. The summed E-state index contributed by atoms with van der Waals surface area (Å²) < 4.78 is 5.20. The third kappa shape index (κ3) is 3.38. The lowest BCUT2D eigenvalue weighted by Crippen LogP contribution is -2.30. The van der Waals surface area contributed by atoms with Crippen molar-refractivity contribution >= 4 is 11.3 Å². The van der Waals surface area contributed by atoms with Crippen LogP contribution in [0, 0.1) is 0 Å². The molecule has 0 bridgehead atoms. The maximum Gasteiger partial charge on any atom is 0.240 e. The summed E-state index contributed by atoms with van der Waals surface area (Å²) >= 11 is 1.74. The highest BCUT2D eigenvalue weighted by Crippen LogP contribution is 2.15. The summed E-state index contributed by atoms with van der Waals surface area (Å²) in [6, 6.07) is 4.17. The topological polar surface area (TPSA) is 68.2 Å². The average molecular weight is 266 g/mol. The minimum Gasteiger partial charge on any atom is -0.338 e. The zero-order valence-corrected chi connectivity index (χ0v) is 11.7. The molecule has 0 aliphatic heterocycles. The van der Waals surface area contributed by atoms with Crippen LogP contribution in [0.5, 0.6) is 0 Å². The van der Waals surface area contributed by atoms with Crippen LogP contribution in [0.2, 0.25) is 0 Å². The van der Waals surface area contributed by atoms with E-state index in [9.17, 15) is 0 Å². The number of nitrogens with zero attached hydrogens (tertiary/aromatic N) is 3. The van der Waals surface area contributed by atoms with Gasteiger partial charge in [0.2, 0.25) is 5.89 Å². The van der Waals surface area contributed by atoms with E-state index in [1.165, 1.54) is 4.88 Å². The third-order valence-corrected chi connectivity index (χ3v) is 3.32. The van der Waals surface area contributed by atoms with E-state index in [1.807, 2.05) is 20.9 Å². The molecule has 0 fully saturated rings. The van der Waals surface area contributed by atoms with Crippen molar-refractivity contribution < 1.29 is 4.52 Å². The first-order chi connectivity index (χ1) is 8.45. The minimum absolute atomic E-state index is 0.544. The van der Waals surface area contributed by atoms with Crippen molar-refractivity contribution in [3.8, 4) is 0 Å². The molecular formula is C12H18N4OS. The van der Waals surface area contributed by atoms with Crippen LogP contribution in [-0.2, 0) is 18.6 Å². The Bertz CT molecular complexity index is 486. The molecule has 6 heteroatoms. The third-order valence-electron chi connectivity index (χ3n) is 2.46. The van der Waals surface area contributed by atoms with Gasteiger partial charge in [-0.05, 0) is 32.3 Å². The largest absolute Gasteiger partial charge is 0.338 e. The monoisotopic (exact) mass is 266 g/mol. The fraction of sp³-hybridized carbons (Fsp3) is 0.500. The fourth-order valence-corrected chi connectivity index (χ4v) is 2.32. The molecule has 5 nitrogen and oxygen atoms in total. The average Bonchev–Trinajstić information content (AvgIpc) is 2.87. The lowest BCUT2D eigenvalue weighted by atomic mass is 10.1. The SMILES string of the molecule is CN(Cc1nc(C(C)(C)N)no1)Cc1cccs1. The molecule has 2 heterocycles. The van der Waals surface area contributed by atoms with E-state index >= 15 is 0 Å². The van der Waals surface area contributed by atoms with Gasteiger partial charge >= 0.3 is 0 Å². The van der Waals surface area contributed by atoms with Crippen LogP contribution in [0.4, 0.5) is 0 Å². The van der Waals surface area contributed by atoms with Gasteiger partial charge in [-0.3, -0.25) is 4.90 Å². The van der Waals surface area contributed by atoms with E-state index in [0.29, 0.717) is 18.3 Å². The van der Waals surface area contributed by atoms with Crippen LogP contribution >= 0.6 is 11.3 Å². The van der Waals surface area contributed by atoms with E-state index in [0.717, 1.165) is 6.54 Å². The Balaban J connectivity index is 1.95. The molecule has 2 aromatic rings. The lowest BCUT2D eigenvalue weighted by Gasteiger charge is -2.13. The Morgan fingerprint density at radius 2 is 2.22 bits per heavy atom. The first-order valence-corrected chi connectivity index (χ1v) is 6.66. The normalized spacial score (nSPS) is 12.3. The highest BCUT2D eigenvalue weighted by molar-refractivity contribution is 7.09. The number of aromatic nitrogens is 2. The van der Waals surface area contributed by atoms with Gasteiger partial charge in [-0.2, -0.15) is 4.98 Å². The number of hydrogen-bond acceptors (Lipinski definition) is 6. The zero-order chi connectivity index (χ0) is 13.2. The maximum absolute atomic E-state index is 5.91. The fourth-order valence-electron chi connectivity index (χ4n) is 1.54. The number of nitrogens with two attached hydrogens (primary N) is 1. The number of rotatable bonds is 5. The Hall–Kier alpha value is -1.24. The van der Waals surface area contributed by atoms with Gasteiger partial charge in [0.15, 0.2) is 5.82 Å². The molecule has 98 valence electrons. The molecule has 0 aromatic carbocycles. The van der Waals surface area contributed by atoms with Gasteiger partial charge in [0.1, 0.15) is 0 Å². The first kappa shape index (κ1) is 13.2. The highest BCUT2D eigenvalue weighted by atomic mass is 32.1. The molecule has 0 unspecified atom stereocenters. The van der Waals surface area contributed by atoms with Crippen molar-refractivity contribution in [1.29, 1.82) is 0 Å². The Kier molecular flexibility index (Phi) is 3.79. The second kappa shape index (κ2) is 5.17. The van der Waals surface area contributed by atoms with Crippen LogP contribution < -0.4 is 5.73 Å². The molecule has 0 aliphatic rings. The molecule has 18 heavy (non-hydrogen) atoms. The molecule has 2 rings (SSSR count). The molecule has 0 radical (unpaired) electrons. The van der Waals surface area contributed by atoms with Gasteiger partial charge in [-0.25, -0.2) is 0 Å². The molecule has 0 aliphatic carbocycles. The van der Waals surface area contributed by atoms with Gasteiger partial charge < -0.3 is 10.3 Å². The van der Waals surface area contributed by atoms with Gasteiger partial charge in [-0.1, -0.05) is 11.2 Å². The number of hydrogen-bond donors (Lipinski definition) is 1. The Morgan fingerprint density at radius 3 is 2.78 bits per heavy atom. The van der Waals surface area contributed by atoms with Gasteiger partial charge in [0, 0.05) is 11.4 Å². The van der Waals surface area contributed by atoms with Crippen molar-refractivity contribution in [1.82, 2.24) is 15.0 Å². The second-order valence-electron chi connectivity index (χ2n) is 4.99. The van der Waals surface area contributed by atoms with Crippen LogP contribution in [-0.4, -0.2) is 22.1 Å². The Labute approximate surface area is 111 Å². The van der Waals surface area contributed by atoms with Crippen LogP contribution in [0.25, 0.3) is 0 Å². The van der Waals surface area contributed by atoms with Crippen molar-refractivity contribution in [2.75, 3.05) is 7.05 Å². The van der Waals surface area contributed by atoms with Crippen molar-refractivity contribution in [2.45, 2.75) is 32.5 Å². The maximum atomic E-state index is 5.91. The molecule has 0 amide bonds. The summed E-state index contributed by atoms with van der Waals surface area (Å²) in [6.07, 6.45) is 0. The van der Waals surface area contributed by atoms with Gasteiger partial charge in [0.05, 0.1) is 12.1 Å². The van der Waals surface area contributed by atoms with Crippen molar-refractivity contribution in [3.63, 3.8) is 0 Å². The summed E-state index contributed by atoms with van der Waals surface area (Å²) in [5.41, 5.74) is 5.35. The molecule has 0 spiro atoms. The summed E-state index contributed by atoms with van der Waals surface area (Å²) in [5.74, 6) is 1.14. The van der Waals surface area contributed by atoms with Crippen molar-refractivity contribution in [2.24, 2.45) is 5.73 Å². The van der Waals surface area contributed by atoms with E-state index in [2.05, 4.69) is 32.6 Å². The highest BCUT2D eigenvalue weighted by Gasteiger charge is 2.21. The quantitative estimate of drug-likeness (QED) is 0.896. The smallest absolute Gasteiger partial charge is 0.240 e. The first-order valence-electron chi connectivity index (χ1n) is 5.78. The molecule has 2 aromatic heterocycles. The molecule has 0 saturated carbocycles. The second-order valence-corrected chi connectivity index (χ2v) is 6.02. The molecular weight excluding hydrogens is 248 g/mol. The molecule has 2 N–H and O–H groups in total. The molecule has 0 atom stereocenters. The summed E-state index contributed by atoms with van der Waals surface area (Å²) in [4.78, 5) is 7.76. The van der Waals surface area contributed by atoms with E-state index < -0.39 is 5.54 Å². The Morgan fingerprint density at radius 1 is 1.44 bits per heavy atom. The van der Waals surface area contributed by atoms with E-state index in [-0.39, 0.29) is 0 Å². The molecule has 0 saturated heterocycles. The van der Waals surface area contributed by atoms with Gasteiger partial charge in [0.25, 0.3) is 0 Å². The standard InChI is InChI=1S/C12H18N4OS/c1-12(2,13)11-14-10(17-15-11)8-16(3)7-9-5-4-6-18-9/h4-6H,7-8,13H2,1-3H3. The number of thiophene rings is 1. The lowest BCUT2D eigenvalue weighted by molar-refractivity contribution is 0.261. The van der Waals surface area contributed by atoms with Crippen LogP contribution in [0.15, 0.2) is 22.0 Å².